The minimum absolute atomic E-state index is 0.0289. The number of anilines is 1. The van der Waals surface area contributed by atoms with Gasteiger partial charge < -0.3 is 15.5 Å². The topological polar surface area (TPSA) is 45.6 Å². The zero-order valence-corrected chi connectivity index (χ0v) is 14.5. The van der Waals surface area contributed by atoms with Gasteiger partial charge in [0.1, 0.15) is 17.7 Å². The molecule has 4 rings (SSSR count). The van der Waals surface area contributed by atoms with Crippen LogP contribution in [0.4, 0.5) is 5.00 Å². The number of carbonyl (C=O) groups is 1. The first-order valence-corrected chi connectivity index (χ1v) is 9.16. The Bertz CT molecular complexity index is 773. The second-order valence-corrected chi connectivity index (χ2v) is 7.64. The molecule has 1 aromatic carbocycles. The van der Waals surface area contributed by atoms with Crippen LogP contribution in [0.5, 0.6) is 0 Å². The molecule has 4 nitrogen and oxygen atoms in total. The third-order valence-electron chi connectivity index (χ3n) is 4.69. The van der Waals surface area contributed by atoms with Crippen LogP contribution >= 0.6 is 22.9 Å². The van der Waals surface area contributed by atoms with Crippen LogP contribution in [0.15, 0.2) is 24.3 Å². The van der Waals surface area contributed by atoms with Crippen molar-refractivity contribution in [1.82, 2.24) is 5.32 Å². The molecule has 0 aliphatic carbocycles. The van der Waals surface area contributed by atoms with Crippen LogP contribution in [0, 0.1) is 0 Å². The highest BCUT2D eigenvalue weighted by molar-refractivity contribution is 7.16. The van der Waals surface area contributed by atoms with E-state index in [1.165, 1.54) is 10.4 Å². The van der Waals surface area contributed by atoms with E-state index in [0.717, 1.165) is 42.2 Å². The lowest BCUT2D eigenvalue weighted by atomic mass is 10.0. The van der Waals surface area contributed by atoms with Gasteiger partial charge in [-0.25, -0.2) is 0 Å². The summed E-state index contributed by atoms with van der Waals surface area (Å²) < 4.78 is 0. The van der Waals surface area contributed by atoms with Crippen LogP contribution in [0.1, 0.15) is 39.5 Å². The van der Waals surface area contributed by atoms with E-state index in [4.69, 9.17) is 11.6 Å². The zero-order chi connectivity index (χ0) is 16.0. The Morgan fingerprint density at radius 3 is 3.04 bits per heavy atom. The monoisotopic (exact) mass is 348 g/mol. The number of likely N-dealkylation sites (N-methyl/N-ethyl adjacent to an activating group) is 1. The number of hydrogen-bond acceptors (Lipinski definition) is 3. The minimum atomic E-state index is -0.219. The Labute approximate surface area is 144 Å². The van der Waals surface area contributed by atoms with E-state index in [0.29, 0.717) is 5.02 Å². The van der Waals surface area contributed by atoms with Crippen LogP contribution in [0.3, 0.4) is 0 Å². The van der Waals surface area contributed by atoms with Crippen molar-refractivity contribution in [3.63, 3.8) is 0 Å². The van der Waals surface area contributed by atoms with E-state index in [2.05, 4.69) is 17.6 Å². The lowest BCUT2D eigenvalue weighted by Gasteiger charge is -2.27. The Balaban J connectivity index is 1.68. The van der Waals surface area contributed by atoms with Gasteiger partial charge in [-0.3, -0.25) is 4.79 Å². The maximum absolute atomic E-state index is 12.7. The van der Waals surface area contributed by atoms with Gasteiger partial charge in [-0.15, -0.1) is 11.3 Å². The van der Waals surface area contributed by atoms with Gasteiger partial charge in [-0.1, -0.05) is 23.7 Å². The quantitative estimate of drug-likeness (QED) is 0.779. The minimum Gasteiger partial charge on any atom is -0.353 e. The largest absolute Gasteiger partial charge is 0.353 e. The third kappa shape index (κ3) is 2.63. The number of carbonyl (C=O) groups excluding carboxylic acids is 1. The van der Waals surface area contributed by atoms with Crippen LogP contribution in [0.25, 0.3) is 0 Å². The summed E-state index contributed by atoms with van der Waals surface area (Å²) >= 11 is 7.81. The standard InChI is InChI=1S/C17H18ClN3OS/c1-2-21-7-6-12-13(9-21)23-17-14(12)16(22)19-15(20-17)10-4-3-5-11(18)8-10/h3-5,8,15,20H,2,6-7,9H2,1H3,(H,19,22)/p+1/t15-/m0/s1. The molecule has 2 aliphatic rings. The second-order valence-electron chi connectivity index (χ2n) is 6.09. The van der Waals surface area contributed by atoms with Gasteiger partial charge in [0, 0.05) is 11.4 Å². The van der Waals surface area contributed by atoms with E-state index < -0.39 is 0 Å². The van der Waals surface area contributed by atoms with Crippen LogP contribution in [0.2, 0.25) is 5.02 Å². The molecule has 120 valence electrons. The van der Waals surface area contributed by atoms with E-state index in [1.54, 1.807) is 16.2 Å². The summed E-state index contributed by atoms with van der Waals surface area (Å²) in [6.45, 7) is 5.48. The first kappa shape index (κ1) is 15.0. The van der Waals surface area contributed by atoms with E-state index >= 15 is 0 Å². The number of nitrogens with one attached hydrogen (secondary N) is 3. The average Bonchev–Trinajstić information content (AvgIpc) is 2.92. The van der Waals surface area contributed by atoms with Crippen molar-refractivity contribution in [2.24, 2.45) is 0 Å². The maximum atomic E-state index is 12.7. The van der Waals surface area contributed by atoms with Gasteiger partial charge in [0.2, 0.25) is 0 Å². The number of rotatable bonds is 2. The van der Waals surface area contributed by atoms with Gasteiger partial charge in [0.15, 0.2) is 0 Å². The SMILES string of the molecule is CC[NH+]1CCc2c(sc3c2C(=O)N[C@H](c2cccc(Cl)c2)N3)C1. The summed E-state index contributed by atoms with van der Waals surface area (Å²) in [6, 6.07) is 7.61. The summed E-state index contributed by atoms with van der Waals surface area (Å²) in [5.41, 5.74) is 3.08. The molecule has 2 atom stereocenters. The predicted octanol–water partition coefficient (Wildman–Crippen LogP) is 2.22. The molecule has 3 N–H and O–H groups in total. The first-order chi connectivity index (χ1) is 11.2. The second kappa shape index (κ2) is 5.82. The summed E-state index contributed by atoms with van der Waals surface area (Å²) in [6.07, 6.45) is 0.768. The van der Waals surface area contributed by atoms with E-state index in [-0.39, 0.29) is 12.1 Å². The fraction of sp³-hybridized carbons (Fsp3) is 0.353. The van der Waals surface area contributed by atoms with Gasteiger partial charge in [-0.2, -0.15) is 0 Å². The highest BCUT2D eigenvalue weighted by Gasteiger charge is 2.34. The Kier molecular flexibility index (Phi) is 3.79. The lowest BCUT2D eigenvalue weighted by Crippen LogP contribution is -3.11. The molecule has 1 amide bonds. The van der Waals surface area contributed by atoms with Crippen molar-refractivity contribution >= 4 is 33.8 Å². The molecule has 0 fully saturated rings. The molecule has 1 unspecified atom stereocenters. The molecule has 2 aliphatic heterocycles. The molecule has 2 aromatic rings. The summed E-state index contributed by atoms with van der Waals surface area (Å²) in [5, 5.41) is 8.23. The molecule has 6 heteroatoms. The summed E-state index contributed by atoms with van der Waals surface area (Å²) in [4.78, 5) is 15.6. The molecule has 0 saturated heterocycles. The Morgan fingerprint density at radius 2 is 2.26 bits per heavy atom. The van der Waals surface area contributed by atoms with Crippen molar-refractivity contribution in [2.45, 2.75) is 26.1 Å². The van der Waals surface area contributed by atoms with Crippen LogP contribution in [-0.4, -0.2) is 19.0 Å². The third-order valence-corrected chi connectivity index (χ3v) is 6.09. The van der Waals surface area contributed by atoms with Gasteiger partial charge >= 0.3 is 0 Å². The Hall–Kier alpha value is -1.56. The van der Waals surface area contributed by atoms with Gasteiger partial charge in [0.05, 0.1) is 23.5 Å². The van der Waals surface area contributed by atoms with Crippen LogP contribution < -0.4 is 15.5 Å². The van der Waals surface area contributed by atoms with Crippen LogP contribution in [-0.2, 0) is 13.0 Å². The molecule has 0 bridgehead atoms. The average molecular weight is 349 g/mol. The lowest BCUT2D eigenvalue weighted by molar-refractivity contribution is -0.913. The molecular formula is C17H19ClN3OS+. The first-order valence-electron chi connectivity index (χ1n) is 7.96. The molecule has 0 saturated carbocycles. The molecule has 0 spiro atoms. The van der Waals surface area contributed by atoms with Crippen molar-refractivity contribution in [3.05, 3.63) is 50.9 Å². The molecule has 0 radical (unpaired) electrons. The fourth-order valence-electron chi connectivity index (χ4n) is 3.40. The number of benzene rings is 1. The normalized spacial score (nSPS) is 22.8. The fourth-order valence-corrected chi connectivity index (χ4v) is 4.95. The highest BCUT2D eigenvalue weighted by atomic mass is 35.5. The van der Waals surface area contributed by atoms with E-state index in [9.17, 15) is 4.79 Å². The number of fused-ring (bicyclic) bond motifs is 3. The number of hydrogen-bond donors (Lipinski definition) is 3. The van der Waals surface area contributed by atoms with Gasteiger partial charge in [-0.05, 0) is 30.2 Å². The van der Waals surface area contributed by atoms with Crippen molar-refractivity contribution in [1.29, 1.82) is 0 Å². The summed E-state index contributed by atoms with van der Waals surface area (Å²) in [7, 11) is 0. The number of amides is 1. The van der Waals surface area contributed by atoms with Crippen molar-refractivity contribution in [3.8, 4) is 0 Å². The molecular weight excluding hydrogens is 330 g/mol. The maximum Gasteiger partial charge on any atom is 0.256 e. The Morgan fingerprint density at radius 1 is 1.39 bits per heavy atom. The predicted molar refractivity (Wildman–Crippen MR) is 93.4 cm³/mol. The van der Waals surface area contributed by atoms with Crippen molar-refractivity contribution in [2.75, 3.05) is 18.4 Å². The molecule has 23 heavy (non-hydrogen) atoms. The highest BCUT2D eigenvalue weighted by Crippen LogP contribution is 2.39. The number of quaternary nitrogens is 1. The van der Waals surface area contributed by atoms with Crippen molar-refractivity contribution < 1.29 is 9.69 Å². The molecule has 3 heterocycles. The number of thiophene rings is 1. The number of halogens is 1. The van der Waals surface area contributed by atoms with Gasteiger partial charge in [0.25, 0.3) is 5.91 Å². The summed E-state index contributed by atoms with van der Waals surface area (Å²) in [5.74, 6) is 0.0289. The zero-order valence-electron chi connectivity index (χ0n) is 12.9. The molecule has 1 aromatic heterocycles. The smallest absolute Gasteiger partial charge is 0.256 e. The van der Waals surface area contributed by atoms with E-state index in [1.807, 2.05) is 24.3 Å².